The van der Waals surface area contributed by atoms with E-state index in [1.807, 2.05) is 0 Å². The highest BCUT2D eigenvalue weighted by atomic mass is 16.5. The molecule has 0 saturated carbocycles. The largest absolute Gasteiger partial charge is 0.508 e. The van der Waals surface area contributed by atoms with E-state index in [1.165, 1.54) is 37.4 Å². The number of aromatic hydroxyl groups is 2. The Balaban J connectivity index is 2.02. The number of benzene rings is 2. The van der Waals surface area contributed by atoms with Crippen molar-refractivity contribution in [2.24, 2.45) is 0 Å². The van der Waals surface area contributed by atoms with Gasteiger partial charge in [0, 0.05) is 6.07 Å². The Bertz CT molecular complexity index is 739. The van der Waals surface area contributed by atoms with Crippen LogP contribution in [0.25, 0.3) is 0 Å². The van der Waals surface area contributed by atoms with Gasteiger partial charge in [-0.2, -0.15) is 0 Å². The summed E-state index contributed by atoms with van der Waals surface area (Å²) < 4.78 is 10.6. The van der Waals surface area contributed by atoms with Crippen LogP contribution in [0.4, 0.5) is 0 Å². The second-order valence-electron chi connectivity index (χ2n) is 4.96. The van der Waals surface area contributed by atoms with E-state index in [0.717, 1.165) is 0 Å². The van der Waals surface area contributed by atoms with Gasteiger partial charge in [-0.3, -0.25) is 4.79 Å². The van der Waals surface area contributed by atoms with Gasteiger partial charge in [-0.25, -0.2) is 0 Å². The molecule has 0 bridgehead atoms. The van der Waals surface area contributed by atoms with Gasteiger partial charge in [0.1, 0.15) is 11.5 Å². The van der Waals surface area contributed by atoms with E-state index in [4.69, 9.17) is 9.47 Å². The molecule has 2 aromatic carbocycles. The van der Waals surface area contributed by atoms with E-state index in [1.54, 1.807) is 6.07 Å². The molecule has 22 heavy (non-hydrogen) atoms. The molecular weight excluding hydrogens is 288 g/mol. The Morgan fingerprint density at radius 3 is 2.59 bits per heavy atom. The highest BCUT2D eigenvalue weighted by Crippen LogP contribution is 2.39. The van der Waals surface area contributed by atoms with E-state index in [2.05, 4.69) is 0 Å². The van der Waals surface area contributed by atoms with Crippen molar-refractivity contribution in [2.45, 2.75) is 12.2 Å². The molecule has 0 fully saturated rings. The molecule has 0 saturated heterocycles. The highest BCUT2D eigenvalue weighted by Gasteiger charge is 2.37. The van der Waals surface area contributed by atoms with Crippen molar-refractivity contribution in [3.63, 3.8) is 0 Å². The maximum Gasteiger partial charge on any atom is 0.199 e. The van der Waals surface area contributed by atoms with E-state index < -0.39 is 18.0 Å². The molecule has 0 spiro atoms. The van der Waals surface area contributed by atoms with Crippen LogP contribution in [-0.4, -0.2) is 34.3 Å². The van der Waals surface area contributed by atoms with Crippen LogP contribution in [0.5, 0.6) is 23.0 Å². The van der Waals surface area contributed by atoms with Crippen molar-refractivity contribution in [3.05, 3.63) is 47.5 Å². The number of ether oxygens (including phenoxy) is 2. The maximum atomic E-state index is 12.2. The molecule has 1 heterocycles. The number of phenolic OH excluding ortho intramolecular Hbond substituents is 2. The van der Waals surface area contributed by atoms with Crippen LogP contribution in [0.2, 0.25) is 0 Å². The van der Waals surface area contributed by atoms with Crippen LogP contribution >= 0.6 is 0 Å². The molecule has 3 rings (SSSR count). The minimum Gasteiger partial charge on any atom is -0.508 e. The summed E-state index contributed by atoms with van der Waals surface area (Å²) in [5.41, 5.74) is 0.632. The molecule has 0 radical (unpaired) electrons. The molecule has 6 heteroatoms. The Hall–Kier alpha value is -2.73. The van der Waals surface area contributed by atoms with E-state index in [-0.39, 0.29) is 28.6 Å². The Labute approximate surface area is 126 Å². The first-order chi connectivity index (χ1) is 10.5. The van der Waals surface area contributed by atoms with Gasteiger partial charge >= 0.3 is 0 Å². The minimum absolute atomic E-state index is 0.0423. The number of aliphatic hydroxyl groups is 1. The summed E-state index contributed by atoms with van der Waals surface area (Å²) in [6.45, 7) is 0. The summed E-state index contributed by atoms with van der Waals surface area (Å²) in [4.78, 5) is 12.2. The van der Waals surface area contributed by atoms with Gasteiger partial charge in [0.2, 0.25) is 0 Å². The second kappa shape index (κ2) is 5.23. The molecule has 2 unspecified atom stereocenters. The molecule has 1 aliphatic heterocycles. The van der Waals surface area contributed by atoms with Gasteiger partial charge in [0.25, 0.3) is 0 Å². The van der Waals surface area contributed by atoms with E-state index in [9.17, 15) is 20.1 Å². The molecule has 2 atom stereocenters. The first-order valence-electron chi connectivity index (χ1n) is 6.60. The standard InChI is InChI=1S/C16H14O6/c1-21-12-5-2-8(6-11(12)18)16-15(20)14(19)10-4-3-9(17)7-13(10)22-16/h2-7,15-18,20H,1H3. The lowest BCUT2D eigenvalue weighted by Crippen LogP contribution is -2.36. The summed E-state index contributed by atoms with van der Waals surface area (Å²) in [5, 5.41) is 29.5. The van der Waals surface area contributed by atoms with Crippen LogP contribution in [0.1, 0.15) is 22.0 Å². The zero-order chi connectivity index (χ0) is 15.9. The average Bonchev–Trinajstić information content (AvgIpc) is 2.50. The summed E-state index contributed by atoms with van der Waals surface area (Å²) in [7, 11) is 1.42. The fourth-order valence-corrected chi connectivity index (χ4v) is 2.44. The predicted molar refractivity (Wildman–Crippen MR) is 76.5 cm³/mol. The van der Waals surface area contributed by atoms with Gasteiger partial charge in [-0.05, 0) is 29.8 Å². The smallest absolute Gasteiger partial charge is 0.199 e. The average molecular weight is 302 g/mol. The van der Waals surface area contributed by atoms with Crippen molar-refractivity contribution in [2.75, 3.05) is 7.11 Å². The van der Waals surface area contributed by atoms with Crippen molar-refractivity contribution in [3.8, 4) is 23.0 Å². The van der Waals surface area contributed by atoms with Gasteiger partial charge in [0.05, 0.1) is 12.7 Å². The number of methoxy groups -OCH3 is 1. The van der Waals surface area contributed by atoms with E-state index in [0.29, 0.717) is 5.56 Å². The normalized spacial score (nSPS) is 20.2. The number of fused-ring (bicyclic) bond motifs is 1. The molecule has 6 nitrogen and oxygen atoms in total. The number of hydrogen-bond acceptors (Lipinski definition) is 6. The number of rotatable bonds is 2. The number of ketones is 1. The van der Waals surface area contributed by atoms with Crippen molar-refractivity contribution < 1.29 is 29.6 Å². The minimum atomic E-state index is -1.40. The Kier molecular flexibility index (Phi) is 3.38. The second-order valence-corrected chi connectivity index (χ2v) is 4.96. The summed E-state index contributed by atoms with van der Waals surface area (Å²) >= 11 is 0. The topological polar surface area (TPSA) is 96.2 Å². The first-order valence-corrected chi connectivity index (χ1v) is 6.60. The molecule has 0 amide bonds. The quantitative estimate of drug-likeness (QED) is 0.782. The summed E-state index contributed by atoms with van der Waals surface area (Å²) in [5.74, 6) is -0.195. The molecule has 3 N–H and O–H groups in total. The van der Waals surface area contributed by atoms with Crippen molar-refractivity contribution in [1.82, 2.24) is 0 Å². The number of hydrogen-bond donors (Lipinski definition) is 3. The first kappa shape index (κ1) is 14.2. The SMILES string of the molecule is COc1ccc(C2Oc3cc(O)ccc3C(=O)C2O)cc1O. The molecular formula is C16H14O6. The molecule has 114 valence electrons. The third kappa shape index (κ3) is 2.23. The predicted octanol–water partition coefficient (Wildman–Crippen LogP) is 1.78. The van der Waals surface area contributed by atoms with Gasteiger partial charge in [-0.1, -0.05) is 6.07 Å². The van der Waals surface area contributed by atoms with Gasteiger partial charge < -0.3 is 24.8 Å². The molecule has 0 aromatic heterocycles. The Morgan fingerprint density at radius 1 is 1.14 bits per heavy atom. The van der Waals surface area contributed by atoms with Gasteiger partial charge in [0.15, 0.2) is 29.5 Å². The number of aliphatic hydroxyl groups excluding tert-OH is 1. The fourth-order valence-electron chi connectivity index (χ4n) is 2.44. The van der Waals surface area contributed by atoms with Crippen LogP contribution in [0, 0.1) is 0 Å². The lowest BCUT2D eigenvalue weighted by molar-refractivity contribution is 0.0215. The Morgan fingerprint density at radius 2 is 1.91 bits per heavy atom. The van der Waals surface area contributed by atoms with Crippen LogP contribution in [0.15, 0.2) is 36.4 Å². The number of phenols is 2. The number of Topliss-reactive ketones (excluding diaryl/α,β-unsaturated/α-hetero) is 1. The summed E-state index contributed by atoms with van der Waals surface area (Å²) in [6.07, 6.45) is -2.37. The molecule has 2 aromatic rings. The lowest BCUT2D eigenvalue weighted by atomic mass is 9.93. The highest BCUT2D eigenvalue weighted by molar-refractivity contribution is 6.03. The van der Waals surface area contributed by atoms with Crippen LogP contribution < -0.4 is 9.47 Å². The number of carbonyl (C=O) groups is 1. The maximum absolute atomic E-state index is 12.2. The van der Waals surface area contributed by atoms with Crippen molar-refractivity contribution >= 4 is 5.78 Å². The third-order valence-electron chi connectivity index (χ3n) is 3.57. The molecule has 1 aliphatic rings. The summed E-state index contributed by atoms with van der Waals surface area (Å²) in [6, 6.07) is 8.55. The third-order valence-corrected chi connectivity index (χ3v) is 3.57. The van der Waals surface area contributed by atoms with Crippen molar-refractivity contribution in [1.29, 1.82) is 0 Å². The zero-order valence-corrected chi connectivity index (χ0v) is 11.7. The van der Waals surface area contributed by atoms with E-state index >= 15 is 0 Å². The van der Waals surface area contributed by atoms with Crippen LogP contribution in [0.3, 0.4) is 0 Å². The lowest BCUT2D eigenvalue weighted by Gasteiger charge is -2.30. The van der Waals surface area contributed by atoms with Gasteiger partial charge in [-0.15, -0.1) is 0 Å². The molecule has 0 aliphatic carbocycles. The zero-order valence-electron chi connectivity index (χ0n) is 11.7. The van der Waals surface area contributed by atoms with Crippen LogP contribution in [-0.2, 0) is 0 Å². The number of carbonyl (C=O) groups excluding carboxylic acids is 1. The fraction of sp³-hybridized carbons (Fsp3) is 0.188. The monoisotopic (exact) mass is 302 g/mol.